The second-order valence-electron chi connectivity index (χ2n) is 6.57. The smallest absolute Gasteiger partial charge is 0.378 e. The molecule has 1 saturated heterocycles. The molecule has 30 heavy (non-hydrogen) atoms. The number of hydrogen-bond donors (Lipinski definition) is 2. The van der Waals surface area contributed by atoms with E-state index in [0.29, 0.717) is 43.9 Å². The molecule has 10 heteroatoms. The Hall–Kier alpha value is -3.40. The van der Waals surface area contributed by atoms with Crippen molar-refractivity contribution in [3.63, 3.8) is 0 Å². The average molecular weight is 416 g/mol. The number of alkyl halides is 3. The lowest BCUT2D eigenvalue weighted by atomic mass is 10.2. The van der Waals surface area contributed by atoms with Gasteiger partial charge in [-0.15, -0.1) is 0 Å². The molecule has 2 N–H and O–H groups in total. The summed E-state index contributed by atoms with van der Waals surface area (Å²) >= 11 is 0. The summed E-state index contributed by atoms with van der Waals surface area (Å²) < 4.78 is 43.7. The number of para-hydroxylation sites is 1. The van der Waals surface area contributed by atoms with Gasteiger partial charge in [-0.05, 0) is 36.4 Å². The second kappa shape index (κ2) is 8.54. The summed E-state index contributed by atoms with van der Waals surface area (Å²) in [6, 6.07) is 14.1. The monoisotopic (exact) mass is 416 g/mol. The zero-order chi connectivity index (χ0) is 21.0. The standard InChI is InChI=1S/C20H19F3N6O/c21-20(22,23)14-6-8-16(9-7-14)25-18-26-17(24-15-4-2-1-3-5-15)27-19(28-18)29-10-12-30-13-11-29/h1-9H,10-13H2,(H2,24,25,26,27,28). The minimum atomic E-state index is -4.39. The molecule has 2 heterocycles. The Morgan fingerprint density at radius 3 is 1.90 bits per heavy atom. The van der Waals surface area contributed by atoms with E-state index in [-0.39, 0.29) is 5.95 Å². The molecule has 1 aromatic heterocycles. The predicted molar refractivity (Wildman–Crippen MR) is 107 cm³/mol. The summed E-state index contributed by atoms with van der Waals surface area (Å²) in [5, 5.41) is 6.09. The van der Waals surface area contributed by atoms with E-state index in [9.17, 15) is 13.2 Å². The molecule has 0 unspecified atom stereocenters. The predicted octanol–water partition coefficient (Wildman–Crippen LogP) is 4.21. The van der Waals surface area contributed by atoms with Gasteiger partial charge in [-0.3, -0.25) is 0 Å². The maximum Gasteiger partial charge on any atom is 0.416 e. The third-order valence-electron chi connectivity index (χ3n) is 4.42. The zero-order valence-corrected chi connectivity index (χ0v) is 15.9. The number of halogens is 3. The van der Waals surface area contributed by atoms with E-state index in [1.54, 1.807) is 0 Å². The third kappa shape index (κ3) is 4.95. The Morgan fingerprint density at radius 1 is 0.767 bits per heavy atom. The molecule has 0 amide bonds. The normalized spacial score (nSPS) is 14.4. The summed E-state index contributed by atoms with van der Waals surface area (Å²) in [5.41, 5.74) is 0.522. The molecule has 4 rings (SSSR count). The first-order valence-electron chi connectivity index (χ1n) is 9.32. The van der Waals surface area contributed by atoms with Crippen LogP contribution in [0, 0.1) is 0 Å². The molecular formula is C20H19F3N6O. The fourth-order valence-corrected chi connectivity index (χ4v) is 2.90. The molecule has 0 bridgehead atoms. The number of nitrogens with one attached hydrogen (secondary N) is 2. The molecule has 1 aliphatic rings. The molecule has 2 aromatic carbocycles. The van der Waals surface area contributed by atoms with Crippen LogP contribution in [0.5, 0.6) is 0 Å². The second-order valence-corrected chi connectivity index (χ2v) is 6.57. The van der Waals surface area contributed by atoms with E-state index in [0.717, 1.165) is 17.8 Å². The highest BCUT2D eigenvalue weighted by molar-refractivity contribution is 5.59. The van der Waals surface area contributed by atoms with Crippen molar-refractivity contribution < 1.29 is 17.9 Å². The maximum atomic E-state index is 12.8. The Balaban J connectivity index is 1.61. The van der Waals surface area contributed by atoms with Crippen LogP contribution in [-0.4, -0.2) is 41.3 Å². The van der Waals surface area contributed by atoms with Gasteiger partial charge in [0.15, 0.2) is 0 Å². The molecule has 0 aliphatic carbocycles. The van der Waals surface area contributed by atoms with Crippen molar-refractivity contribution in [3.8, 4) is 0 Å². The Labute approximate surface area is 170 Å². The van der Waals surface area contributed by atoms with E-state index in [1.807, 2.05) is 35.2 Å². The zero-order valence-electron chi connectivity index (χ0n) is 15.9. The number of aromatic nitrogens is 3. The summed E-state index contributed by atoms with van der Waals surface area (Å²) in [5.74, 6) is 1.01. The molecule has 156 valence electrons. The first kappa shape index (κ1) is 19.9. The van der Waals surface area contributed by atoms with Crippen LogP contribution in [0.25, 0.3) is 0 Å². The van der Waals surface area contributed by atoms with Crippen LogP contribution >= 0.6 is 0 Å². The number of benzene rings is 2. The highest BCUT2D eigenvalue weighted by Crippen LogP contribution is 2.30. The lowest BCUT2D eigenvalue weighted by Gasteiger charge is -2.27. The van der Waals surface area contributed by atoms with Crippen molar-refractivity contribution in [3.05, 3.63) is 60.2 Å². The average Bonchev–Trinajstić information content (AvgIpc) is 2.75. The van der Waals surface area contributed by atoms with Gasteiger partial charge >= 0.3 is 6.18 Å². The van der Waals surface area contributed by atoms with Crippen LogP contribution in [0.2, 0.25) is 0 Å². The molecule has 1 fully saturated rings. The largest absolute Gasteiger partial charge is 0.416 e. The Bertz CT molecular complexity index is 976. The van der Waals surface area contributed by atoms with Gasteiger partial charge in [0.2, 0.25) is 17.8 Å². The van der Waals surface area contributed by atoms with Crippen molar-refractivity contribution >= 4 is 29.2 Å². The van der Waals surface area contributed by atoms with Crippen LogP contribution in [-0.2, 0) is 10.9 Å². The van der Waals surface area contributed by atoms with Crippen LogP contribution in [0.4, 0.5) is 42.4 Å². The topological polar surface area (TPSA) is 75.2 Å². The van der Waals surface area contributed by atoms with Gasteiger partial charge in [-0.1, -0.05) is 18.2 Å². The van der Waals surface area contributed by atoms with E-state index < -0.39 is 11.7 Å². The van der Waals surface area contributed by atoms with E-state index in [1.165, 1.54) is 12.1 Å². The molecule has 0 spiro atoms. The highest BCUT2D eigenvalue weighted by Gasteiger charge is 2.30. The highest BCUT2D eigenvalue weighted by atomic mass is 19.4. The summed E-state index contributed by atoms with van der Waals surface area (Å²) in [7, 11) is 0. The third-order valence-corrected chi connectivity index (χ3v) is 4.42. The SMILES string of the molecule is FC(F)(F)c1ccc(Nc2nc(Nc3ccccc3)nc(N3CCOCC3)n2)cc1. The van der Waals surface area contributed by atoms with Crippen molar-refractivity contribution in [1.29, 1.82) is 0 Å². The van der Waals surface area contributed by atoms with Crippen molar-refractivity contribution in [1.82, 2.24) is 15.0 Å². The fourth-order valence-electron chi connectivity index (χ4n) is 2.90. The molecule has 1 aliphatic heterocycles. The van der Waals surface area contributed by atoms with Crippen molar-refractivity contribution in [2.24, 2.45) is 0 Å². The number of ether oxygens (including phenoxy) is 1. The summed E-state index contributed by atoms with van der Waals surface area (Å²) in [6.07, 6.45) is -4.39. The first-order chi connectivity index (χ1) is 14.5. The number of rotatable bonds is 5. The number of hydrogen-bond acceptors (Lipinski definition) is 7. The van der Waals surface area contributed by atoms with Gasteiger partial charge in [0.1, 0.15) is 0 Å². The summed E-state index contributed by atoms with van der Waals surface area (Å²) in [6.45, 7) is 2.40. The molecule has 0 atom stereocenters. The molecule has 0 radical (unpaired) electrons. The van der Waals surface area contributed by atoms with Gasteiger partial charge in [0.05, 0.1) is 18.8 Å². The number of nitrogens with zero attached hydrogens (tertiary/aromatic N) is 4. The van der Waals surface area contributed by atoms with Crippen LogP contribution in [0.15, 0.2) is 54.6 Å². The van der Waals surface area contributed by atoms with Gasteiger partial charge < -0.3 is 20.3 Å². The lowest BCUT2D eigenvalue weighted by Crippen LogP contribution is -2.37. The van der Waals surface area contributed by atoms with E-state index in [4.69, 9.17) is 4.74 Å². The number of anilines is 5. The van der Waals surface area contributed by atoms with Gasteiger partial charge in [-0.2, -0.15) is 28.1 Å². The van der Waals surface area contributed by atoms with Gasteiger partial charge in [-0.25, -0.2) is 0 Å². The van der Waals surface area contributed by atoms with E-state index in [2.05, 4.69) is 25.6 Å². The quantitative estimate of drug-likeness (QED) is 0.645. The van der Waals surface area contributed by atoms with Crippen molar-refractivity contribution in [2.75, 3.05) is 41.8 Å². The minimum Gasteiger partial charge on any atom is -0.378 e. The molecule has 7 nitrogen and oxygen atoms in total. The van der Waals surface area contributed by atoms with Crippen LogP contribution < -0.4 is 15.5 Å². The lowest BCUT2D eigenvalue weighted by molar-refractivity contribution is -0.137. The van der Waals surface area contributed by atoms with Crippen molar-refractivity contribution in [2.45, 2.75) is 6.18 Å². The van der Waals surface area contributed by atoms with Gasteiger partial charge in [0.25, 0.3) is 0 Å². The Morgan fingerprint density at radius 2 is 1.33 bits per heavy atom. The van der Waals surface area contributed by atoms with Gasteiger partial charge in [0, 0.05) is 24.5 Å². The molecule has 0 saturated carbocycles. The first-order valence-corrected chi connectivity index (χ1v) is 9.32. The number of morpholine rings is 1. The van der Waals surface area contributed by atoms with Crippen LogP contribution in [0.3, 0.4) is 0 Å². The minimum absolute atomic E-state index is 0.227. The maximum absolute atomic E-state index is 12.8. The van der Waals surface area contributed by atoms with E-state index >= 15 is 0 Å². The van der Waals surface area contributed by atoms with Crippen LogP contribution in [0.1, 0.15) is 5.56 Å². The summed E-state index contributed by atoms with van der Waals surface area (Å²) in [4.78, 5) is 15.3. The molecular weight excluding hydrogens is 397 g/mol. The fraction of sp³-hybridized carbons (Fsp3) is 0.250. The molecule has 3 aromatic rings. The Kier molecular flexibility index (Phi) is 5.66.